The van der Waals surface area contributed by atoms with Crippen molar-refractivity contribution >= 4 is 21.8 Å². The number of halogens is 1. The third-order valence-corrected chi connectivity index (χ3v) is 5.83. The molecule has 1 atom stereocenters. The number of hydrogen-bond acceptors (Lipinski definition) is 4. The molecule has 0 amide bonds. The van der Waals surface area contributed by atoms with Crippen molar-refractivity contribution in [1.82, 2.24) is 4.31 Å². The minimum absolute atomic E-state index is 0.00463. The predicted octanol–water partition coefficient (Wildman–Crippen LogP) is 2.08. The first kappa shape index (κ1) is 17.4. The van der Waals surface area contributed by atoms with E-state index in [1.165, 1.54) is 23.5 Å². The van der Waals surface area contributed by atoms with E-state index in [0.29, 0.717) is 12.2 Å². The van der Waals surface area contributed by atoms with Crippen molar-refractivity contribution in [3.63, 3.8) is 0 Å². The Labute approximate surface area is 124 Å². The molecule has 0 saturated carbocycles. The summed E-state index contributed by atoms with van der Waals surface area (Å²) in [6, 6.07) is 3.37. The molecule has 4 nitrogen and oxygen atoms in total. The molecule has 0 aromatic heterocycles. The molecular weight excluding hydrogens is 301 g/mol. The van der Waals surface area contributed by atoms with Crippen LogP contribution in [0.2, 0.25) is 0 Å². The maximum absolute atomic E-state index is 13.3. The standard InChI is InChI=1S/C13H20FNO3S2/c1-4-11(9-19-3)15(2)20(17,18)12-5-6-13(14)10(7-12)8-16/h5-7,11,16H,4,8-9H2,1-3H3. The molecular formula is C13H20FNO3S2. The topological polar surface area (TPSA) is 57.6 Å². The Kier molecular flexibility index (Phi) is 6.44. The van der Waals surface area contributed by atoms with Crippen LogP contribution in [0.5, 0.6) is 0 Å². The van der Waals surface area contributed by atoms with Crippen LogP contribution in [-0.4, -0.2) is 42.9 Å². The van der Waals surface area contributed by atoms with Gasteiger partial charge in [-0.05, 0) is 30.9 Å². The van der Waals surface area contributed by atoms with E-state index in [0.717, 1.165) is 6.07 Å². The van der Waals surface area contributed by atoms with Gasteiger partial charge in [0, 0.05) is 24.4 Å². The third kappa shape index (κ3) is 3.72. The van der Waals surface area contributed by atoms with Crippen LogP contribution in [0, 0.1) is 5.82 Å². The average molecular weight is 321 g/mol. The van der Waals surface area contributed by atoms with Crippen LogP contribution in [0.4, 0.5) is 4.39 Å². The van der Waals surface area contributed by atoms with E-state index in [2.05, 4.69) is 0 Å². The van der Waals surface area contributed by atoms with Crippen LogP contribution in [-0.2, 0) is 16.6 Å². The molecule has 0 bridgehead atoms. The highest BCUT2D eigenvalue weighted by Gasteiger charge is 2.27. The van der Waals surface area contributed by atoms with Crippen molar-refractivity contribution < 1.29 is 17.9 Å². The first-order valence-corrected chi connectivity index (χ1v) is 9.08. The first-order chi connectivity index (χ1) is 9.38. The minimum atomic E-state index is -3.68. The Morgan fingerprint density at radius 3 is 2.60 bits per heavy atom. The molecule has 0 aliphatic rings. The highest BCUT2D eigenvalue weighted by molar-refractivity contribution is 7.98. The highest BCUT2D eigenvalue weighted by Crippen LogP contribution is 2.22. The van der Waals surface area contributed by atoms with Crippen LogP contribution in [0.3, 0.4) is 0 Å². The molecule has 1 aromatic rings. The third-order valence-electron chi connectivity index (χ3n) is 3.21. The van der Waals surface area contributed by atoms with Crippen molar-refractivity contribution in [2.45, 2.75) is 30.9 Å². The van der Waals surface area contributed by atoms with E-state index in [1.807, 2.05) is 13.2 Å². The van der Waals surface area contributed by atoms with Crippen molar-refractivity contribution in [2.24, 2.45) is 0 Å². The molecule has 7 heteroatoms. The minimum Gasteiger partial charge on any atom is -0.392 e. The van der Waals surface area contributed by atoms with Crippen LogP contribution >= 0.6 is 11.8 Å². The lowest BCUT2D eigenvalue weighted by molar-refractivity contribution is 0.275. The van der Waals surface area contributed by atoms with Gasteiger partial charge in [-0.25, -0.2) is 12.8 Å². The summed E-state index contributed by atoms with van der Waals surface area (Å²) in [5.74, 6) is 0.0885. The van der Waals surface area contributed by atoms with Gasteiger partial charge in [0.05, 0.1) is 11.5 Å². The summed E-state index contributed by atoms with van der Waals surface area (Å²) in [6.45, 7) is 1.40. The predicted molar refractivity (Wildman–Crippen MR) is 79.7 cm³/mol. The zero-order valence-electron chi connectivity index (χ0n) is 11.8. The van der Waals surface area contributed by atoms with Gasteiger partial charge in [-0.2, -0.15) is 16.1 Å². The van der Waals surface area contributed by atoms with Crippen molar-refractivity contribution in [3.8, 4) is 0 Å². The molecule has 0 radical (unpaired) electrons. The lowest BCUT2D eigenvalue weighted by atomic mass is 10.2. The monoisotopic (exact) mass is 321 g/mol. The van der Waals surface area contributed by atoms with Gasteiger partial charge in [0.1, 0.15) is 5.82 Å². The van der Waals surface area contributed by atoms with Gasteiger partial charge < -0.3 is 5.11 Å². The van der Waals surface area contributed by atoms with Gasteiger partial charge in [0.15, 0.2) is 0 Å². The molecule has 0 heterocycles. The fourth-order valence-electron chi connectivity index (χ4n) is 1.87. The molecule has 0 saturated heterocycles. The number of rotatable bonds is 7. The van der Waals surface area contributed by atoms with E-state index < -0.39 is 22.4 Å². The maximum atomic E-state index is 13.3. The summed E-state index contributed by atoms with van der Waals surface area (Å²) in [5, 5.41) is 9.04. The second kappa shape index (κ2) is 7.40. The Bertz CT molecular complexity index is 549. The summed E-state index contributed by atoms with van der Waals surface area (Å²) in [7, 11) is -2.15. The molecule has 0 fully saturated rings. The van der Waals surface area contributed by atoms with E-state index in [4.69, 9.17) is 5.11 Å². The lowest BCUT2D eigenvalue weighted by Gasteiger charge is -2.26. The molecule has 1 aromatic carbocycles. The molecule has 1 N–H and O–H groups in total. The number of aliphatic hydroxyl groups excluding tert-OH is 1. The van der Waals surface area contributed by atoms with E-state index >= 15 is 0 Å². The van der Waals surface area contributed by atoms with Crippen LogP contribution in [0.25, 0.3) is 0 Å². The van der Waals surface area contributed by atoms with Crippen LogP contribution in [0.1, 0.15) is 18.9 Å². The van der Waals surface area contributed by atoms with Crippen LogP contribution in [0.15, 0.2) is 23.1 Å². The zero-order chi connectivity index (χ0) is 15.3. The quantitative estimate of drug-likeness (QED) is 0.835. The van der Waals surface area contributed by atoms with Crippen molar-refractivity contribution in [3.05, 3.63) is 29.6 Å². The average Bonchev–Trinajstić information content (AvgIpc) is 2.44. The van der Waals surface area contributed by atoms with Gasteiger partial charge in [-0.1, -0.05) is 6.92 Å². The Morgan fingerprint density at radius 2 is 2.10 bits per heavy atom. The second-order valence-electron chi connectivity index (χ2n) is 4.45. The highest BCUT2D eigenvalue weighted by atomic mass is 32.2. The van der Waals surface area contributed by atoms with Gasteiger partial charge in [-0.15, -0.1) is 0 Å². The Morgan fingerprint density at radius 1 is 1.45 bits per heavy atom. The van der Waals surface area contributed by atoms with E-state index in [9.17, 15) is 12.8 Å². The van der Waals surface area contributed by atoms with Crippen molar-refractivity contribution in [1.29, 1.82) is 0 Å². The summed E-state index contributed by atoms with van der Waals surface area (Å²) >= 11 is 1.58. The summed E-state index contributed by atoms with van der Waals surface area (Å²) < 4.78 is 39.6. The molecule has 1 rings (SSSR count). The second-order valence-corrected chi connectivity index (χ2v) is 7.36. The smallest absolute Gasteiger partial charge is 0.243 e. The molecule has 114 valence electrons. The maximum Gasteiger partial charge on any atom is 0.243 e. The normalized spacial score (nSPS) is 13.7. The Hall–Kier alpha value is -0.630. The number of sulfonamides is 1. The molecule has 0 aliphatic carbocycles. The largest absolute Gasteiger partial charge is 0.392 e. The van der Waals surface area contributed by atoms with Crippen molar-refractivity contribution in [2.75, 3.05) is 19.1 Å². The number of nitrogens with zero attached hydrogens (tertiary/aromatic N) is 1. The Balaban J connectivity index is 3.15. The van der Waals surface area contributed by atoms with Gasteiger partial charge in [0.25, 0.3) is 0 Å². The first-order valence-electron chi connectivity index (χ1n) is 6.24. The lowest BCUT2D eigenvalue weighted by Crippen LogP contribution is -2.38. The fourth-order valence-corrected chi connectivity index (χ4v) is 4.29. The molecule has 1 unspecified atom stereocenters. The zero-order valence-corrected chi connectivity index (χ0v) is 13.5. The SMILES string of the molecule is CCC(CSC)N(C)S(=O)(=O)c1ccc(F)c(CO)c1. The number of benzene rings is 1. The van der Waals surface area contributed by atoms with Crippen LogP contribution < -0.4 is 0 Å². The number of thioether (sulfide) groups is 1. The van der Waals surface area contributed by atoms with E-state index in [1.54, 1.807) is 11.8 Å². The molecule has 0 spiro atoms. The van der Waals surface area contributed by atoms with Gasteiger partial charge >= 0.3 is 0 Å². The van der Waals surface area contributed by atoms with Gasteiger partial charge in [-0.3, -0.25) is 0 Å². The van der Waals surface area contributed by atoms with Gasteiger partial charge in [0.2, 0.25) is 10.0 Å². The van der Waals surface area contributed by atoms with E-state index in [-0.39, 0.29) is 16.5 Å². The summed E-state index contributed by atoms with van der Waals surface area (Å²) in [6.07, 6.45) is 2.62. The molecule has 20 heavy (non-hydrogen) atoms. The fraction of sp³-hybridized carbons (Fsp3) is 0.538. The number of hydrogen-bond donors (Lipinski definition) is 1. The molecule has 0 aliphatic heterocycles. The summed E-state index contributed by atoms with van der Waals surface area (Å²) in [4.78, 5) is 0.00463. The number of aliphatic hydroxyl groups is 1. The summed E-state index contributed by atoms with van der Waals surface area (Å²) in [5.41, 5.74) is -0.0163.